The van der Waals surface area contributed by atoms with E-state index in [0.717, 1.165) is 18.5 Å². The minimum Gasteiger partial charge on any atom is -0.326 e. The predicted octanol–water partition coefficient (Wildman–Crippen LogP) is 1.75. The highest BCUT2D eigenvalue weighted by molar-refractivity contribution is 5.85. The maximum absolute atomic E-state index is 11.1. The summed E-state index contributed by atoms with van der Waals surface area (Å²) in [5.41, 5.74) is 2.39. The number of carbonyl (C=O) groups is 1. The van der Waals surface area contributed by atoms with Crippen molar-refractivity contribution in [1.29, 1.82) is 0 Å². The van der Waals surface area contributed by atoms with Crippen LogP contribution in [0.25, 0.3) is 0 Å². The third-order valence-corrected chi connectivity index (χ3v) is 2.66. The van der Waals surface area contributed by atoms with Crippen molar-refractivity contribution in [3.8, 4) is 0 Å². The van der Waals surface area contributed by atoms with E-state index < -0.39 is 0 Å². The van der Waals surface area contributed by atoms with Gasteiger partial charge in [-0.05, 0) is 30.4 Å². The van der Waals surface area contributed by atoms with Crippen molar-refractivity contribution in [3.63, 3.8) is 0 Å². The molecule has 0 saturated heterocycles. The van der Waals surface area contributed by atoms with Gasteiger partial charge in [-0.25, -0.2) is 0 Å². The first-order chi connectivity index (χ1) is 5.81. The molecule has 0 aromatic heterocycles. The molecule has 0 fully saturated rings. The van der Waals surface area contributed by atoms with Gasteiger partial charge in [0.05, 0.1) is 6.42 Å². The molecule has 1 heterocycles. The van der Waals surface area contributed by atoms with Crippen molar-refractivity contribution in [1.82, 2.24) is 5.32 Å². The van der Waals surface area contributed by atoms with Crippen molar-refractivity contribution in [2.75, 3.05) is 0 Å². The Morgan fingerprint density at radius 1 is 1.67 bits per heavy atom. The molecule has 0 spiro atoms. The first-order valence-corrected chi connectivity index (χ1v) is 4.50. The Morgan fingerprint density at radius 2 is 2.50 bits per heavy atom. The molecule has 1 atom stereocenters. The van der Waals surface area contributed by atoms with E-state index in [0.29, 0.717) is 12.3 Å². The van der Waals surface area contributed by atoms with Gasteiger partial charge >= 0.3 is 0 Å². The van der Waals surface area contributed by atoms with E-state index in [2.05, 4.69) is 18.3 Å². The van der Waals surface area contributed by atoms with E-state index >= 15 is 0 Å². The van der Waals surface area contributed by atoms with Crippen LogP contribution in [-0.2, 0) is 4.79 Å². The fourth-order valence-electron chi connectivity index (χ4n) is 1.96. The molecule has 1 aliphatic carbocycles. The van der Waals surface area contributed by atoms with Crippen LogP contribution >= 0.6 is 0 Å². The third kappa shape index (κ3) is 1.07. The molecular formula is C10H13NO. The molecule has 1 N–H and O–H groups in total. The minimum atomic E-state index is 0.157. The summed E-state index contributed by atoms with van der Waals surface area (Å²) < 4.78 is 0. The maximum Gasteiger partial charge on any atom is 0.228 e. The number of carbonyl (C=O) groups excluding carboxylic acids is 1. The van der Waals surface area contributed by atoms with Crippen molar-refractivity contribution in [2.45, 2.75) is 26.2 Å². The zero-order valence-electron chi connectivity index (χ0n) is 7.26. The average molecular weight is 163 g/mol. The van der Waals surface area contributed by atoms with Gasteiger partial charge in [-0.2, -0.15) is 0 Å². The average Bonchev–Trinajstić information content (AvgIpc) is 2.44. The lowest BCUT2D eigenvalue weighted by Crippen LogP contribution is -2.14. The molecular weight excluding hydrogens is 150 g/mol. The lowest BCUT2D eigenvalue weighted by Gasteiger charge is -2.17. The molecule has 0 bridgehead atoms. The highest BCUT2D eigenvalue weighted by Crippen LogP contribution is 2.32. The zero-order valence-corrected chi connectivity index (χ0v) is 7.26. The number of rotatable bonds is 1. The zero-order chi connectivity index (χ0) is 8.55. The molecule has 0 radical (unpaired) electrons. The molecule has 1 unspecified atom stereocenters. The van der Waals surface area contributed by atoms with E-state index in [1.54, 1.807) is 0 Å². The molecule has 0 saturated carbocycles. The first kappa shape index (κ1) is 7.59. The van der Waals surface area contributed by atoms with Gasteiger partial charge in [-0.1, -0.05) is 13.0 Å². The summed E-state index contributed by atoms with van der Waals surface area (Å²) in [5, 5.41) is 2.87. The second kappa shape index (κ2) is 2.77. The Balaban J connectivity index is 2.27. The smallest absolute Gasteiger partial charge is 0.228 e. The Labute approximate surface area is 72.3 Å². The van der Waals surface area contributed by atoms with Crippen LogP contribution in [0.5, 0.6) is 0 Å². The lowest BCUT2D eigenvalue weighted by atomic mass is 9.87. The third-order valence-electron chi connectivity index (χ3n) is 2.66. The Bertz CT molecular complexity index is 276. The topological polar surface area (TPSA) is 29.1 Å². The van der Waals surface area contributed by atoms with Crippen molar-refractivity contribution in [3.05, 3.63) is 23.4 Å². The summed E-state index contributed by atoms with van der Waals surface area (Å²) in [6.07, 6.45) is 7.05. The van der Waals surface area contributed by atoms with Crippen LogP contribution in [0, 0.1) is 5.92 Å². The van der Waals surface area contributed by atoms with Crippen LogP contribution in [-0.4, -0.2) is 5.91 Å². The van der Waals surface area contributed by atoms with Crippen molar-refractivity contribution < 1.29 is 4.79 Å². The summed E-state index contributed by atoms with van der Waals surface area (Å²) in [6, 6.07) is 0. The Morgan fingerprint density at radius 3 is 3.25 bits per heavy atom. The number of amides is 1. The van der Waals surface area contributed by atoms with Crippen LogP contribution in [0.2, 0.25) is 0 Å². The first-order valence-electron chi connectivity index (χ1n) is 4.50. The molecule has 1 amide bonds. The minimum absolute atomic E-state index is 0.157. The molecule has 2 aliphatic rings. The van der Waals surface area contributed by atoms with Crippen LogP contribution in [0.3, 0.4) is 0 Å². The molecule has 0 aromatic rings. The lowest BCUT2D eigenvalue weighted by molar-refractivity contribution is -0.118. The van der Waals surface area contributed by atoms with Crippen LogP contribution in [0.4, 0.5) is 0 Å². The SMILES string of the molecule is CCC1CC=CC2=C1CC(=O)N2. The molecule has 12 heavy (non-hydrogen) atoms. The number of hydrogen-bond acceptors (Lipinski definition) is 1. The second-order valence-corrected chi connectivity index (χ2v) is 3.41. The van der Waals surface area contributed by atoms with Gasteiger partial charge in [0, 0.05) is 5.70 Å². The fourth-order valence-corrected chi connectivity index (χ4v) is 1.96. The monoisotopic (exact) mass is 163 g/mol. The summed E-state index contributed by atoms with van der Waals surface area (Å²) in [5.74, 6) is 0.758. The molecule has 0 aromatic carbocycles. The molecule has 2 nitrogen and oxygen atoms in total. The van der Waals surface area contributed by atoms with E-state index in [1.165, 1.54) is 5.57 Å². The van der Waals surface area contributed by atoms with Gasteiger partial charge in [-0.15, -0.1) is 0 Å². The quantitative estimate of drug-likeness (QED) is 0.627. The van der Waals surface area contributed by atoms with Crippen molar-refractivity contribution >= 4 is 5.91 Å². The number of allylic oxidation sites excluding steroid dienone is 2. The normalized spacial score (nSPS) is 27.4. The summed E-state index contributed by atoms with van der Waals surface area (Å²) in [4.78, 5) is 11.1. The summed E-state index contributed by atoms with van der Waals surface area (Å²) in [7, 11) is 0. The molecule has 2 heteroatoms. The van der Waals surface area contributed by atoms with Gasteiger partial charge in [-0.3, -0.25) is 4.79 Å². The predicted molar refractivity (Wildman–Crippen MR) is 47.3 cm³/mol. The number of nitrogens with one attached hydrogen (secondary N) is 1. The highest BCUT2D eigenvalue weighted by atomic mass is 16.1. The summed E-state index contributed by atoms with van der Waals surface area (Å²) in [6.45, 7) is 2.18. The standard InChI is InChI=1S/C10H13NO/c1-2-7-4-3-5-9-8(7)6-10(12)11-9/h3,5,7H,2,4,6H2,1H3,(H,11,12). The van der Waals surface area contributed by atoms with E-state index in [-0.39, 0.29) is 5.91 Å². The van der Waals surface area contributed by atoms with Crippen LogP contribution in [0.1, 0.15) is 26.2 Å². The van der Waals surface area contributed by atoms with E-state index in [9.17, 15) is 4.79 Å². The molecule has 1 aliphatic heterocycles. The maximum atomic E-state index is 11.1. The Kier molecular flexibility index (Phi) is 1.75. The molecule has 64 valence electrons. The molecule has 2 rings (SSSR count). The van der Waals surface area contributed by atoms with Gasteiger partial charge in [0.1, 0.15) is 0 Å². The number of hydrogen-bond donors (Lipinski definition) is 1. The van der Waals surface area contributed by atoms with Gasteiger partial charge in [0.25, 0.3) is 0 Å². The largest absolute Gasteiger partial charge is 0.326 e. The van der Waals surface area contributed by atoms with Crippen LogP contribution in [0.15, 0.2) is 23.4 Å². The van der Waals surface area contributed by atoms with Gasteiger partial charge in [0.2, 0.25) is 5.91 Å². The second-order valence-electron chi connectivity index (χ2n) is 3.41. The van der Waals surface area contributed by atoms with Gasteiger partial charge < -0.3 is 5.32 Å². The van der Waals surface area contributed by atoms with E-state index in [4.69, 9.17) is 0 Å². The van der Waals surface area contributed by atoms with Gasteiger partial charge in [0.15, 0.2) is 0 Å². The van der Waals surface area contributed by atoms with Crippen LogP contribution < -0.4 is 5.32 Å². The van der Waals surface area contributed by atoms with E-state index in [1.807, 2.05) is 6.08 Å². The fraction of sp³-hybridized carbons (Fsp3) is 0.500. The Hall–Kier alpha value is -1.05. The van der Waals surface area contributed by atoms with Crippen molar-refractivity contribution in [2.24, 2.45) is 5.92 Å². The highest BCUT2D eigenvalue weighted by Gasteiger charge is 2.26. The summed E-state index contributed by atoms with van der Waals surface area (Å²) >= 11 is 0.